The zero-order valence-electron chi connectivity index (χ0n) is 12.1. The van der Waals surface area contributed by atoms with E-state index in [1.165, 1.54) is 24.8 Å². The summed E-state index contributed by atoms with van der Waals surface area (Å²) in [6.45, 7) is 2.23. The average molecular weight is 300 g/mol. The summed E-state index contributed by atoms with van der Waals surface area (Å²) in [4.78, 5) is 0. The smallest absolute Gasteiger partial charge is 0.179 e. The number of halogens is 1. The molecule has 2 heterocycles. The van der Waals surface area contributed by atoms with Crippen LogP contribution in [-0.2, 0) is 6.42 Å². The Kier molecular flexibility index (Phi) is 4.20. The van der Waals surface area contributed by atoms with Gasteiger partial charge < -0.3 is 0 Å². The van der Waals surface area contributed by atoms with Crippen LogP contribution in [0, 0.1) is 0 Å². The van der Waals surface area contributed by atoms with Gasteiger partial charge in [0.15, 0.2) is 11.5 Å². The molecule has 0 saturated heterocycles. The minimum Gasteiger partial charge on any atom is -0.281 e. The van der Waals surface area contributed by atoms with Gasteiger partial charge in [-0.05, 0) is 30.5 Å². The van der Waals surface area contributed by atoms with Gasteiger partial charge in [0.05, 0.1) is 5.02 Å². The van der Waals surface area contributed by atoms with E-state index in [1.54, 1.807) is 0 Å². The molecule has 21 heavy (non-hydrogen) atoms. The van der Waals surface area contributed by atoms with Crippen molar-refractivity contribution in [2.75, 3.05) is 0 Å². The average Bonchev–Trinajstić information content (AvgIpc) is 2.94. The van der Waals surface area contributed by atoms with Gasteiger partial charge in [0.25, 0.3) is 0 Å². The van der Waals surface area contributed by atoms with Crippen molar-refractivity contribution in [1.82, 2.24) is 14.6 Å². The van der Waals surface area contributed by atoms with Gasteiger partial charge in [0, 0.05) is 11.8 Å². The highest BCUT2D eigenvalue weighted by atomic mass is 35.5. The summed E-state index contributed by atoms with van der Waals surface area (Å²) < 4.78 is 1.93. The first kappa shape index (κ1) is 14.1. The highest BCUT2D eigenvalue weighted by molar-refractivity contribution is 6.33. The summed E-state index contributed by atoms with van der Waals surface area (Å²) in [5.41, 5.74) is 3.13. The highest BCUT2D eigenvalue weighted by Crippen LogP contribution is 2.22. The fourth-order valence-corrected chi connectivity index (χ4v) is 2.68. The summed E-state index contributed by atoms with van der Waals surface area (Å²) >= 11 is 6.13. The predicted octanol–water partition coefficient (Wildman–Crippen LogP) is 4.78. The molecule has 0 saturated carbocycles. The van der Waals surface area contributed by atoms with Crippen LogP contribution >= 0.6 is 11.6 Å². The molecule has 0 N–H and O–H groups in total. The molecular weight excluding hydrogens is 282 g/mol. The van der Waals surface area contributed by atoms with Gasteiger partial charge in [-0.15, -0.1) is 10.2 Å². The third-order valence-corrected chi connectivity index (χ3v) is 3.96. The quantitative estimate of drug-likeness (QED) is 0.635. The molecule has 0 aliphatic heterocycles. The number of benzene rings is 1. The van der Waals surface area contributed by atoms with E-state index in [4.69, 9.17) is 11.6 Å². The fraction of sp³-hybridized carbons (Fsp3) is 0.294. The molecular formula is C17H18ClN3. The molecule has 3 rings (SSSR count). The lowest BCUT2D eigenvalue weighted by Gasteiger charge is -2.03. The van der Waals surface area contributed by atoms with Crippen LogP contribution < -0.4 is 0 Å². The molecule has 3 nitrogen and oxygen atoms in total. The van der Waals surface area contributed by atoms with Crippen LogP contribution in [0.2, 0.25) is 5.02 Å². The molecule has 3 aromatic rings. The van der Waals surface area contributed by atoms with Crippen LogP contribution in [0.3, 0.4) is 0 Å². The maximum atomic E-state index is 6.13. The number of pyridine rings is 1. The number of nitrogens with zero attached hydrogens (tertiary/aromatic N) is 3. The zero-order valence-corrected chi connectivity index (χ0v) is 12.8. The largest absolute Gasteiger partial charge is 0.281 e. The summed E-state index contributed by atoms with van der Waals surface area (Å²) in [6.07, 6.45) is 6.87. The predicted molar refractivity (Wildman–Crippen MR) is 86.7 cm³/mol. The van der Waals surface area contributed by atoms with Crippen molar-refractivity contribution >= 4 is 17.2 Å². The summed E-state index contributed by atoms with van der Waals surface area (Å²) in [5.74, 6) is 0.826. The number of hydrogen-bond donors (Lipinski definition) is 0. The Labute approximate surface area is 129 Å². The van der Waals surface area contributed by atoms with Crippen molar-refractivity contribution < 1.29 is 0 Å². The number of hydrogen-bond acceptors (Lipinski definition) is 2. The van der Waals surface area contributed by atoms with Crippen LogP contribution in [0.4, 0.5) is 0 Å². The fourth-order valence-electron chi connectivity index (χ4n) is 2.48. The Morgan fingerprint density at radius 2 is 1.86 bits per heavy atom. The summed E-state index contributed by atoms with van der Waals surface area (Å²) in [5, 5.41) is 9.04. The SMILES string of the molecule is CCCCCc1ccc(-c2nnc3c(Cl)cccn23)cc1. The lowest BCUT2D eigenvalue weighted by atomic mass is 10.1. The van der Waals surface area contributed by atoms with Crippen molar-refractivity contribution in [3.63, 3.8) is 0 Å². The second kappa shape index (κ2) is 6.27. The van der Waals surface area contributed by atoms with E-state index in [2.05, 4.69) is 41.4 Å². The maximum absolute atomic E-state index is 6.13. The number of unbranched alkanes of at least 4 members (excludes halogenated alkanes) is 2. The molecule has 0 amide bonds. The Hall–Kier alpha value is -1.87. The second-order valence-electron chi connectivity index (χ2n) is 5.23. The van der Waals surface area contributed by atoms with Crippen LogP contribution in [-0.4, -0.2) is 14.6 Å². The Bertz CT molecular complexity index is 731. The maximum Gasteiger partial charge on any atom is 0.179 e. The van der Waals surface area contributed by atoms with E-state index in [-0.39, 0.29) is 0 Å². The first-order valence-corrected chi connectivity index (χ1v) is 7.76. The number of aromatic nitrogens is 3. The van der Waals surface area contributed by atoms with E-state index < -0.39 is 0 Å². The molecule has 4 heteroatoms. The summed E-state index contributed by atoms with van der Waals surface area (Å²) in [7, 11) is 0. The van der Waals surface area contributed by atoms with Crippen LogP contribution in [0.25, 0.3) is 17.0 Å². The van der Waals surface area contributed by atoms with Crippen molar-refractivity contribution in [1.29, 1.82) is 0 Å². The molecule has 0 unspecified atom stereocenters. The first-order chi connectivity index (χ1) is 10.3. The van der Waals surface area contributed by atoms with Crippen molar-refractivity contribution in [3.8, 4) is 11.4 Å². The molecule has 0 atom stereocenters. The monoisotopic (exact) mass is 299 g/mol. The molecule has 0 fully saturated rings. The first-order valence-electron chi connectivity index (χ1n) is 7.38. The van der Waals surface area contributed by atoms with Crippen molar-refractivity contribution in [2.45, 2.75) is 32.6 Å². The van der Waals surface area contributed by atoms with Gasteiger partial charge in [-0.3, -0.25) is 4.40 Å². The van der Waals surface area contributed by atoms with Gasteiger partial charge in [-0.1, -0.05) is 55.6 Å². The lowest BCUT2D eigenvalue weighted by molar-refractivity contribution is 0.717. The van der Waals surface area contributed by atoms with E-state index in [1.807, 2.05) is 22.7 Å². The molecule has 0 spiro atoms. The second-order valence-corrected chi connectivity index (χ2v) is 5.63. The zero-order chi connectivity index (χ0) is 14.7. The normalized spacial score (nSPS) is 11.1. The molecule has 2 aromatic heterocycles. The van der Waals surface area contributed by atoms with E-state index in [9.17, 15) is 0 Å². The van der Waals surface area contributed by atoms with Crippen molar-refractivity contribution in [2.24, 2.45) is 0 Å². The molecule has 1 aromatic carbocycles. The van der Waals surface area contributed by atoms with Crippen molar-refractivity contribution in [3.05, 3.63) is 53.2 Å². The molecule has 0 radical (unpaired) electrons. The van der Waals surface area contributed by atoms with Gasteiger partial charge in [-0.25, -0.2) is 0 Å². The van der Waals surface area contributed by atoms with Gasteiger partial charge >= 0.3 is 0 Å². The molecule has 0 aliphatic rings. The van der Waals surface area contributed by atoms with Crippen LogP contribution in [0.15, 0.2) is 42.6 Å². The van der Waals surface area contributed by atoms with Gasteiger partial charge in [-0.2, -0.15) is 0 Å². The number of aryl methyl sites for hydroxylation is 1. The minimum absolute atomic E-state index is 0.618. The Balaban J connectivity index is 1.87. The standard InChI is InChI=1S/C17H18ClN3/c1-2-3-4-6-13-8-10-14(11-9-13)16-19-20-17-15(18)7-5-12-21(16)17/h5,7-12H,2-4,6H2,1H3. The Morgan fingerprint density at radius 3 is 2.62 bits per heavy atom. The molecule has 0 aliphatic carbocycles. The lowest BCUT2D eigenvalue weighted by Crippen LogP contribution is -1.90. The number of rotatable bonds is 5. The van der Waals surface area contributed by atoms with Gasteiger partial charge in [0.2, 0.25) is 0 Å². The van der Waals surface area contributed by atoms with Gasteiger partial charge in [0.1, 0.15) is 0 Å². The third-order valence-electron chi connectivity index (χ3n) is 3.67. The van der Waals surface area contributed by atoms with Crippen LogP contribution in [0.1, 0.15) is 31.7 Å². The highest BCUT2D eigenvalue weighted by Gasteiger charge is 2.09. The topological polar surface area (TPSA) is 30.2 Å². The Morgan fingerprint density at radius 1 is 1.05 bits per heavy atom. The molecule has 108 valence electrons. The molecule has 0 bridgehead atoms. The van der Waals surface area contributed by atoms with E-state index in [0.29, 0.717) is 10.7 Å². The number of fused-ring (bicyclic) bond motifs is 1. The van der Waals surface area contributed by atoms with E-state index >= 15 is 0 Å². The summed E-state index contributed by atoms with van der Waals surface area (Å²) in [6, 6.07) is 12.3. The van der Waals surface area contributed by atoms with E-state index in [0.717, 1.165) is 17.8 Å². The van der Waals surface area contributed by atoms with Crippen LogP contribution in [0.5, 0.6) is 0 Å². The third kappa shape index (κ3) is 2.93. The minimum atomic E-state index is 0.618.